The van der Waals surface area contributed by atoms with E-state index in [9.17, 15) is 4.79 Å². The van der Waals surface area contributed by atoms with Gasteiger partial charge in [0.05, 0.1) is 0 Å². The molecule has 100 valence electrons. The first-order valence-electron chi connectivity index (χ1n) is 5.98. The van der Waals surface area contributed by atoms with Crippen molar-refractivity contribution in [2.24, 2.45) is 0 Å². The summed E-state index contributed by atoms with van der Waals surface area (Å²) in [5, 5.41) is 2.75. The van der Waals surface area contributed by atoms with Crippen molar-refractivity contribution in [2.75, 3.05) is 0 Å². The SMILES string of the molecule is CC(Br)c1cccc(CNC(=O)OC(C)(C)C)c1. The Labute approximate surface area is 117 Å². The number of halogens is 1. The van der Waals surface area contributed by atoms with Crippen LogP contribution in [0.5, 0.6) is 0 Å². The Morgan fingerprint density at radius 1 is 1.44 bits per heavy atom. The first kappa shape index (κ1) is 15.0. The van der Waals surface area contributed by atoms with Gasteiger partial charge in [-0.2, -0.15) is 0 Å². The molecule has 1 aromatic rings. The number of benzene rings is 1. The second kappa shape index (κ2) is 6.23. The van der Waals surface area contributed by atoms with Gasteiger partial charge in [0.1, 0.15) is 5.60 Å². The third-order valence-corrected chi connectivity index (χ3v) is 2.77. The van der Waals surface area contributed by atoms with Gasteiger partial charge >= 0.3 is 6.09 Å². The standard InChI is InChI=1S/C14H20BrNO2/c1-10(15)12-7-5-6-11(8-12)9-16-13(17)18-14(2,3)4/h5-8,10H,9H2,1-4H3,(H,16,17). The molecule has 4 heteroatoms. The highest BCUT2D eigenvalue weighted by atomic mass is 79.9. The molecule has 0 spiro atoms. The molecule has 1 amide bonds. The zero-order valence-electron chi connectivity index (χ0n) is 11.3. The number of hydrogen-bond donors (Lipinski definition) is 1. The minimum absolute atomic E-state index is 0.305. The van der Waals surface area contributed by atoms with E-state index in [-0.39, 0.29) is 6.09 Å². The fourth-order valence-corrected chi connectivity index (χ4v) is 1.72. The maximum atomic E-state index is 11.5. The van der Waals surface area contributed by atoms with Crippen LogP contribution in [-0.4, -0.2) is 11.7 Å². The van der Waals surface area contributed by atoms with Crippen LogP contribution in [0.15, 0.2) is 24.3 Å². The minimum Gasteiger partial charge on any atom is -0.444 e. The van der Waals surface area contributed by atoms with Crippen molar-refractivity contribution < 1.29 is 9.53 Å². The number of carbonyl (C=O) groups excluding carboxylic acids is 1. The fourth-order valence-electron chi connectivity index (χ4n) is 1.44. The van der Waals surface area contributed by atoms with E-state index in [2.05, 4.69) is 40.3 Å². The summed E-state index contributed by atoms with van der Waals surface area (Å²) in [7, 11) is 0. The molecule has 0 saturated heterocycles. The van der Waals surface area contributed by atoms with E-state index in [1.165, 1.54) is 5.56 Å². The number of alkyl carbamates (subject to hydrolysis) is 1. The van der Waals surface area contributed by atoms with Crippen LogP contribution in [0, 0.1) is 0 Å². The van der Waals surface area contributed by atoms with Gasteiger partial charge in [-0.3, -0.25) is 0 Å². The average Bonchev–Trinajstić information content (AvgIpc) is 2.24. The quantitative estimate of drug-likeness (QED) is 0.851. The molecule has 0 aliphatic rings. The Morgan fingerprint density at radius 2 is 2.11 bits per heavy atom. The number of nitrogens with one attached hydrogen (secondary N) is 1. The lowest BCUT2D eigenvalue weighted by atomic mass is 10.1. The van der Waals surface area contributed by atoms with Crippen molar-refractivity contribution in [1.82, 2.24) is 5.32 Å². The molecule has 3 nitrogen and oxygen atoms in total. The Hall–Kier alpha value is -1.03. The molecule has 1 unspecified atom stereocenters. The lowest BCUT2D eigenvalue weighted by molar-refractivity contribution is 0.0523. The molecule has 0 aliphatic heterocycles. The van der Waals surface area contributed by atoms with E-state index in [1.807, 2.05) is 32.9 Å². The molecular weight excluding hydrogens is 294 g/mol. The van der Waals surface area contributed by atoms with Gasteiger partial charge in [-0.05, 0) is 38.8 Å². The Morgan fingerprint density at radius 3 is 2.67 bits per heavy atom. The van der Waals surface area contributed by atoms with E-state index in [1.54, 1.807) is 0 Å². The van der Waals surface area contributed by atoms with Crippen molar-refractivity contribution in [3.8, 4) is 0 Å². The van der Waals surface area contributed by atoms with Gasteiger partial charge in [0.25, 0.3) is 0 Å². The fraction of sp³-hybridized carbons (Fsp3) is 0.500. The van der Waals surface area contributed by atoms with E-state index in [4.69, 9.17) is 4.74 Å². The molecule has 0 aliphatic carbocycles. The van der Waals surface area contributed by atoms with E-state index in [0.717, 1.165) is 5.56 Å². The third-order valence-electron chi connectivity index (χ3n) is 2.25. The zero-order valence-corrected chi connectivity index (χ0v) is 12.9. The molecule has 1 N–H and O–H groups in total. The predicted octanol–water partition coefficient (Wildman–Crippen LogP) is 4.17. The molecule has 1 aromatic carbocycles. The molecule has 0 bridgehead atoms. The van der Waals surface area contributed by atoms with Crippen molar-refractivity contribution in [1.29, 1.82) is 0 Å². The maximum Gasteiger partial charge on any atom is 0.407 e. The maximum absolute atomic E-state index is 11.5. The van der Waals surface area contributed by atoms with Gasteiger partial charge in [0, 0.05) is 11.4 Å². The monoisotopic (exact) mass is 313 g/mol. The second-order valence-electron chi connectivity index (χ2n) is 5.22. The van der Waals surface area contributed by atoms with Gasteiger partial charge in [-0.1, -0.05) is 40.2 Å². The van der Waals surface area contributed by atoms with Gasteiger partial charge in [-0.15, -0.1) is 0 Å². The third kappa shape index (κ3) is 5.54. The summed E-state index contributed by atoms with van der Waals surface area (Å²) in [6, 6.07) is 8.09. The number of alkyl halides is 1. The van der Waals surface area contributed by atoms with Crippen LogP contribution < -0.4 is 5.32 Å². The lowest BCUT2D eigenvalue weighted by Crippen LogP contribution is -2.32. The Balaban J connectivity index is 2.53. The molecule has 0 heterocycles. The zero-order chi connectivity index (χ0) is 13.8. The van der Waals surface area contributed by atoms with Crippen LogP contribution in [0.2, 0.25) is 0 Å². The summed E-state index contributed by atoms with van der Waals surface area (Å²) in [5.41, 5.74) is 1.79. The number of ether oxygens (including phenoxy) is 1. The highest BCUT2D eigenvalue weighted by molar-refractivity contribution is 9.09. The molecule has 0 aromatic heterocycles. The van der Waals surface area contributed by atoms with Crippen LogP contribution in [0.3, 0.4) is 0 Å². The van der Waals surface area contributed by atoms with Crippen LogP contribution in [0.1, 0.15) is 43.6 Å². The summed E-state index contributed by atoms with van der Waals surface area (Å²) in [6.07, 6.45) is -0.389. The van der Waals surface area contributed by atoms with Gasteiger partial charge in [0.2, 0.25) is 0 Å². The molecule has 1 rings (SSSR count). The highest BCUT2D eigenvalue weighted by Gasteiger charge is 2.15. The van der Waals surface area contributed by atoms with Gasteiger partial charge < -0.3 is 10.1 Å². The topological polar surface area (TPSA) is 38.3 Å². The smallest absolute Gasteiger partial charge is 0.407 e. The molecule has 1 atom stereocenters. The average molecular weight is 314 g/mol. The van der Waals surface area contributed by atoms with E-state index >= 15 is 0 Å². The van der Waals surface area contributed by atoms with Crippen LogP contribution in [0.4, 0.5) is 4.79 Å². The summed E-state index contributed by atoms with van der Waals surface area (Å²) >= 11 is 3.52. The Bertz CT molecular complexity index is 411. The Kier molecular flexibility index (Phi) is 5.20. The van der Waals surface area contributed by atoms with E-state index in [0.29, 0.717) is 11.4 Å². The first-order valence-corrected chi connectivity index (χ1v) is 6.89. The minimum atomic E-state index is -0.462. The summed E-state index contributed by atoms with van der Waals surface area (Å²) in [5.74, 6) is 0. The van der Waals surface area contributed by atoms with Crippen LogP contribution in [0.25, 0.3) is 0 Å². The van der Waals surface area contributed by atoms with Crippen LogP contribution in [-0.2, 0) is 11.3 Å². The normalized spacial score (nSPS) is 12.9. The second-order valence-corrected chi connectivity index (χ2v) is 6.59. The largest absolute Gasteiger partial charge is 0.444 e. The lowest BCUT2D eigenvalue weighted by Gasteiger charge is -2.19. The summed E-state index contributed by atoms with van der Waals surface area (Å²) in [6.45, 7) is 8.09. The number of carbonyl (C=O) groups is 1. The molecule has 18 heavy (non-hydrogen) atoms. The van der Waals surface area contributed by atoms with Crippen molar-refractivity contribution in [2.45, 2.75) is 44.7 Å². The van der Waals surface area contributed by atoms with Crippen LogP contribution >= 0.6 is 15.9 Å². The van der Waals surface area contributed by atoms with Crippen molar-refractivity contribution in [3.05, 3.63) is 35.4 Å². The number of rotatable bonds is 3. The number of hydrogen-bond acceptors (Lipinski definition) is 2. The summed E-state index contributed by atoms with van der Waals surface area (Å²) in [4.78, 5) is 11.8. The predicted molar refractivity (Wildman–Crippen MR) is 76.9 cm³/mol. The highest BCUT2D eigenvalue weighted by Crippen LogP contribution is 2.22. The molecule has 0 saturated carbocycles. The molecule has 0 radical (unpaired) electrons. The van der Waals surface area contributed by atoms with Crippen molar-refractivity contribution in [3.63, 3.8) is 0 Å². The molecule has 0 fully saturated rings. The van der Waals surface area contributed by atoms with E-state index < -0.39 is 5.60 Å². The molecular formula is C14H20BrNO2. The number of amides is 1. The van der Waals surface area contributed by atoms with Gasteiger partial charge in [0.15, 0.2) is 0 Å². The van der Waals surface area contributed by atoms with Gasteiger partial charge in [-0.25, -0.2) is 4.79 Å². The van der Waals surface area contributed by atoms with Crippen molar-refractivity contribution >= 4 is 22.0 Å². The summed E-state index contributed by atoms with van der Waals surface area (Å²) < 4.78 is 5.18. The first-order chi connectivity index (χ1) is 8.28.